The number of halogens is 4. The molecule has 2 rings (SSSR count). The van der Waals surface area contributed by atoms with Gasteiger partial charge in [0.25, 0.3) is 5.91 Å². The lowest BCUT2D eigenvalue weighted by atomic mass is 10.1. The molecule has 0 aliphatic heterocycles. The van der Waals surface area contributed by atoms with E-state index in [1.54, 1.807) is 6.92 Å². The first-order valence-corrected chi connectivity index (χ1v) is 6.22. The van der Waals surface area contributed by atoms with E-state index in [0.717, 1.165) is 24.3 Å². The van der Waals surface area contributed by atoms with Gasteiger partial charge in [-0.05, 0) is 42.8 Å². The molecular weight excluding hydrogens is 300 g/mol. The average molecular weight is 312 g/mol. The van der Waals surface area contributed by atoms with E-state index in [2.05, 4.69) is 5.32 Å². The number of aryl methyl sites for hydroxylation is 1. The maximum absolute atomic E-state index is 13.4. The lowest BCUT2D eigenvalue weighted by Gasteiger charge is -2.12. The summed E-state index contributed by atoms with van der Waals surface area (Å²) in [5, 5.41) is 2.35. The van der Waals surface area contributed by atoms with Crippen molar-refractivity contribution < 1.29 is 22.4 Å². The molecular formula is C15H12F4N2O. The Hall–Kier alpha value is -2.57. The molecule has 2 aromatic carbocycles. The fraction of sp³-hybridized carbons (Fsp3) is 0.133. The summed E-state index contributed by atoms with van der Waals surface area (Å²) in [5.41, 5.74) is 4.82. The number of nitrogens with two attached hydrogens (primary N) is 1. The Labute approximate surface area is 123 Å². The predicted octanol–water partition coefficient (Wildman–Crippen LogP) is 3.99. The van der Waals surface area contributed by atoms with Gasteiger partial charge < -0.3 is 11.1 Å². The highest BCUT2D eigenvalue weighted by Gasteiger charge is 2.30. The first-order chi connectivity index (χ1) is 10.2. The van der Waals surface area contributed by atoms with Crippen LogP contribution in [0, 0.1) is 12.7 Å². The van der Waals surface area contributed by atoms with E-state index in [1.807, 2.05) is 0 Å². The predicted molar refractivity (Wildman–Crippen MR) is 74.9 cm³/mol. The molecule has 22 heavy (non-hydrogen) atoms. The van der Waals surface area contributed by atoms with E-state index in [1.165, 1.54) is 12.1 Å². The summed E-state index contributed by atoms with van der Waals surface area (Å²) >= 11 is 0. The van der Waals surface area contributed by atoms with Gasteiger partial charge in [-0.3, -0.25) is 4.79 Å². The number of rotatable bonds is 2. The number of nitrogens with one attached hydrogen (secondary N) is 1. The van der Waals surface area contributed by atoms with Gasteiger partial charge in [-0.25, -0.2) is 4.39 Å². The number of carbonyl (C=O) groups excluding carboxylic acids is 1. The van der Waals surface area contributed by atoms with Crippen LogP contribution in [0.15, 0.2) is 36.4 Å². The summed E-state index contributed by atoms with van der Waals surface area (Å²) in [4.78, 5) is 12.0. The lowest BCUT2D eigenvalue weighted by Crippen LogP contribution is -2.14. The second-order valence-corrected chi connectivity index (χ2v) is 4.72. The maximum atomic E-state index is 13.4. The minimum absolute atomic E-state index is 0.0268. The topological polar surface area (TPSA) is 55.1 Å². The van der Waals surface area contributed by atoms with Crippen LogP contribution < -0.4 is 11.1 Å². The van der Waals surface area contributed by atoms with Gasteiger partial charge in [0.15, 0.2) is 0 Å². The van der Waals surface area contributed by atoms with Gasteiger partial charge in [0.05, 0.1) is 16.9 Å². The number of anilines is 2. The minimum Gasteiger partial charge on any atom is -0.397 e. The van der Waals surface area contributed by atoms with Crippen molar-refractivity contribution in [1.29, 1.82) is 0 Å². The second-order valence-electron chi connectivity index (χ2n) is 4.72. The Bertz CT molecular complexity index is 726. The van der Waals surface area contributed by atoms with Gasteiger partial charge >= 0.3 is 6.18 Å². The van der Waals surface area contributed by atoms with Crippen LogP contribution in [-0.4, -0.2) is 5.91 Å². The van der Waals surface area contributed by atoms with Crippen molar-refractivity contribution in [3.8, 4) is 0 Å². The molecule has 3 nitrogen and oxygen atoms in total. The fourth-order valence-corrected chi connectivity index (χ4v) is 1.78. The largest absolute Gasteiger partial charge is 0.416 e. The standard InChI is InChI=1S/C15H12F4N2O/c1-8-2-3-9(6-11(8)16)14(22)21-13-5-4-10(7-12(13)20)15(17,18)19/h2-7H,20H2,1H3,(H,21,22). The van der Waals surface area contributed by atoms with Crippen LogP contribution in [0.2, 0.25) is 0 Å². The zero-order chi connectivity index (χ0) is 16.5. The summed E-state index contributed by atoms with van der Waals surface area (Å²) in [6, 6.07) is 6.48. The van der Waals surface area contributed by atoms with Crippen molar-refractivity contribution in [3.05, 3.63) is 58.9 Å². The SMILES string of the molecule is Cc1ccc(C(=O)Nc2ccc(C(F)(F)F)cc2N)cc1F. The molecule has 116 valence electrons. The Morgan fingerprint density at radius 2 is 1.82 bits per heavy atom. The molecule has 0 unspecified atom stereocenters. The van der Waals surface area contributed by atoms with Crippen LogP contribution in [0.5, 0.6) is 0 Å². The van der Waals surface area contributed by atoms with E-state index in [4.69, 9.17) is 5.73 Å². The molecule has 2 aromatic rings. The third-order valence-corrected chi connectivity index (χ3v) is 3.06. The van der Waals surface area contributed by atoms with E-state index in [0.29, 0.717) is 5.56 Å². The van der Waals surface area contributed by atoms with E-state index < -0.39 is 23.5 Å². The number of amides is 1. The minimum atomic E-state index is -4.52. The number of carbonyl (C=O) groups is 1. The van der Waals surface area contributed by atoms with Crippen LogP contribution in [0.1, 0.15) is 21.5 Å². The highest BCUT2D eigenvalue weighted by Crippen LogP contribution is 2.32. The highest BCUT2D eigenvalue weighted by molar-refractivity contribution is 6.05. The van der Waals surface area contributed by atoms with Gasteiger partial charge in [-0.1, -0.05) is 6.07 Å². The first kappa shape index (κ1) is 15.8. The average Bonchev–Trinajstić information content (AvgIpc) is 2.42. The quantitative estimate of drug-likeness (QED) is 0.651. The lowest BCUT2D eigenvalue weighted by molar-refractivity contribution is -0.137. The van der Waals surface area contributed by atoms with Gasteiger partial charge in [-0.2, -0.15) is 13.2 Å². The molecule has 0 bridgehead atoms. The molecule has 0 saturated carbocycles. The maximum Gasteiger partial charge on any atom is 0.416 e. The molecule has 0 atom stereocenters. The normalized spacial score (nSPS) is 11.3. The number of nitrogen functional groups attached to an aromatic ring is 1. The van der Waals surface area contributed by atoms with Crippen molar-refractivity contribution in [1.82, 2.24) is 0 Å². The molecule has 3 N–H and O–H groups in total. The van der Waals surface area contributed by atoms with Crippen LogP contribution in [-0.2, 0) is 6.18 Å². The van der Waals surface area contributed by atoms with Crippen LogP contribution >= 0.6 is 0 Å². The molecule has 0 fully saturated rings. The van der Waals surface area contributed by atoms with E-state index in [9.17, 15) is 22.4 Å². The van der Waals surface area contributed by atoms with Crippen molar-refractivity contribution >= 4 is 17.3 Å². The molecule has 7 heteroatoms. The molecule has 0 aromatic heterocycles. The van der Waals surface area contributed by atoms with Gasteiger partial charge in [-0.15, -0.1) is 0 Å². The number of hydrogen-bond acceptors (Lipinski definition) is 2. The smallest absolute Gasteiger partial charge is 0.397 e. The Kier molecular flexibility index (Phi) is 4.07. The zero-order valence-electron chi connectivity index (χ0n) is 11.5. The summed E-state index contributed by atoms with van der Waals surface area (Å²) in [5.74, 6) is -1.21. The molecule has 0 heterocycles. The Morgan fingerprint density at radius 1 is 1.14 bits per heavy atom. The van der Waals surface area contributed by atoms with Crippen LogP contribution in [0.4, 0.5) is 28.9 Å². The Balaban J connectivity index is 2.23. The second kappa shape index (κ2) is 5.67. The fourth-order valence-electron chi connectivity index (χ4n) is 1.78. The van der Waals surface area contributed by atoms with E-state index in [-0.39, 0.29) is 16.9 Å². The number of benzene rings is 2. The summed E-state index contributed by atoms with van der Waals surface area (Å²) < 4.78 is 51.0. The van der Waals surface area contributed by atoms with E-state index >= 15 is 0 Å². The number of hydrogen-bond donors (Lipinski definition) is 2. The monoisotopic (exact) mass is 312 g/mol. The Morgan fingerprint density at radius 3 is 2.36 bits per heavy atom. The third-order valence-electron chi connectivity index (χ3n) is 3.06. The van der Waals surface area contributed by atoms with Gasteiger partial charge in [0.1, 0.15) is 5.82 Å². The molecule has 1 amide bonds. The molecule has 0 aliphatic carbocycles. The molecule has 0 spiro atoms. The van der Waals surface area contributed by atoms with Crippen molar-refractivity contribution in [2.45, 2.75) is 13.1 Å². The van der Waals surface area contributed by atoms with Crippen molar-refractivity contribution in [3.63, 3.8) is 0 Å². The van der Waals surface area contributed by atoms with Gasteiger partial charge in [0, 0.05) is 5.56 Å². The summed E-state index contributed by atoms with van der Waals surface area (Å²) in [6.07, 6.45) is -4.52. The van der Waals surface area contributed by atoms with Gasteiger partial charge in [0.2, 0.25) is 0 Å². The van der Waals surface area contributed by atoms with Crippen LogP contribution in [0.3, 0.4) is 0 Å². The summed E-state index contributed by atoms with van der Waals surface area (Å²) in [7, 11) is 0. The molecule has 0 radical (unpaired) electrons. The number of alkyl halides is 3. The summed E-state index contributed by atoms with van der Waals surface area (Å²) in [6.45, 7) is 1.55. The van der Waals surface area contributed by atoms with Crippen molar-refractivity contribution in [2.24, 2.45) is 0 Å². The third kappa shape index (κ3) is 3.36. The first-order valence-electron chi connectivity index (χ1n) is 6.22. The molecule has 0 aliphatic rings. The van der Waals surface area contributed by atoms with Crippen molar-refractivity contribution in [2.75, 3.05) is 11.1 Å². The highest BCUT2D eigenvalue weighted by atomic mass is 19.4. The van der Waals surface area contributed by atoms with Crippen LogP contribution in [0.25, 0.3) is 0 Å². The molecule has 0 saturated heterocycles. The zero-order valence-corrected chi connectivity index (χ0v) is 11.5.